The highest BCUT2D eigenvalue weighted by atomic mass is 32.2. The summed E-state index contributed by atoms with van der Waals surface area (Å²) in [5.41, 5.74) is 1.03. The average Bonchev–Trinajstić information content (AvgIpc) is 3.32. The van der Waals surface area contributed by atoms with Crippen LogP contribution in [0.25, 0.3) is 0 Å². The lowest BCUT2D eigenvalue weighted by atomic mass is 10.1. The van der Waals surface area contributed by atoms with Gasteiger partial charge in [0.1, 0.15) is 0 Å². The Bertz CT molecular complexity index is 869. The summed E-state index contributed by atoms with van der Waals surface area (Å²) < 4.78 is 33.9. The molecule has 0 bridgehead atoms. The molecule has 9 heteroatoms. The van der Waals surface area contributed by atoms with Crippen LogP contribution in [0.1, 0.15) is 18.4 Å². The summed E-state index contributed by atoms with van der Waals surface area (Å²) in [5.74, 6) is 0.854. The molecule has 2 saturated heterocycles. The van der Waals surface area contributed by atoms with Crippen molar-refractivity contribution in [1.29, 1.82) is 0 Å². The predicted molar refractivity (Wildman–Crippen MR) is 96.2 cm³/mol. The summed E-state index contributed by atoms with van der Waals surface area (Å²) in [6.07, 6.45) is 1.26. The van der Waals surface area contributed by atoms with Crippen LogP contribution in [0, 0.1) is 5.92 Å². The van der Waals surface area contributed by atoms with E-state index >= 15 is 0 Å². The minimum atomic E-state index is -3.06. The zero-order valence-electron chi connectivity index (χ0n) is 14.8. The Morgan fingerprint density at radius 1 is 1.26 bits per heavy atom. The number of hydrogen-bond donors (Lipinski definition) is 1. The molecule has 8 nitrogen and oxygen atoms in total. The van der Waals surface area contributed by atoms with Crippen molar-refractivity contribution >= 4 is 21.7 Å². The van der Waals surface area contributed by atoms with Gasteiger partial charge in [0.05, 0.1) is 17.4 Å². The molecule has 1 N–H and O–H groups in total. The molecule has 0 aliphatic carbocycles. The van der Waals surface area contributed by atoms with Gasteiger partial charge in [0.15, 0.2) is 21.3 Å². The first-order valence-corrected chi connectivity index (χ1v) is 10.9. The van der Waals surface area contributed by atoms with E-state index in [1.165, 1.54) is 0 Å². The van der Waals surface area contributed by atoms with Gasteiger partial charge in [0.2, 0.25) is 18.6 Å². The minimum Gasteiger partial charge on any atom is -0.454 e. The number of amides is 2. The molecule has 0 spiro atoms. The van der Waals surface area contributed by atoms with Gasteiger partial charge in [-0.05, 0) is 30.5 Å². The molecule has 0 aromatic heterocycles. The van der Waals surface area contributed by atoms with Crippen LogP contribution in [-0.2, 0) is 25.8 Å². The average molecular weight is 394 g/mol. The van der Waals surface area contributed by atoms with E-state index in [0.717, 1.165) is 11.3 Å². The lowest BCUT2D eigenvalue weighted by Crippen LogP contribution is -2.39. The molecule has 27 heavy (non-hydrogen) atoms. The van der Waals surface area contributed by atoms with Crippen LogP contribution in [0.4, 0.5) is 0 Å². The molecule has 2 fully saturated rings. The van der Waals surface area contributed by atoms with Crippen molar-refractivity contribution in [2.75, 3.05) is 31.4 Å². The number of benzene rings is 1. The molecule has 146 valence electrons. The second-order valence-electron chi connectivity index (χ2n) is 7.23. The fraction of sp³-hybridized carbons (Fsp3) is 0.556. The van der Waals surface area contributed by atoms with Crippen LogP contribution in [0.15, 0.2) is 18.2 Å². The van der Waals surface area contributed by atoms with Gasteiger partial charge in [0, 0.05) is 25.6 Å². The maximum absolute atomic E-state index is 12.4. The summed E-state index contributed by atoms with van der Waals surface area (Å²) in [7, 11) is -3.06. The lowest BCUT2D eigenvalue weighted by Gasteiger charge is -2.22. The van der Waals surface area contributed by atoms with E-state index in [2.05, 4.69) is 5.32 Å². The predicted octanol–water partition coefficient (Wildman–Crippen LogP) is 0.110. The Morgan fingerprint density at radius 2 is 2.07 bits per heavy atom. The maximum Gasteiger partial charge on any atom is 0.231 e. The van der Waals surface area contributed by atoms with Crippen LogP contribution >= 0.6 is 0 Å². The molecule has 3 aliphatic heterocycles. The number of nitrogens with one attached hydrogen (secondary N) is 1. The number of nitrogens with zero attached hydrogens (tertiary/aromatic N) is 1. The number of rotatable bonds is 5. The first-order chi connectivity index (χ1) is 12.9. The van der Waals surface area contributed by atoms with Gasteiger partial charge in [-0.15, -0.1) is 0 Å². The van der Waals surface area contributed by atoms with E-state index in [1.807, 2.05) is 18.2 Å². The van der Waals surface area contributed by atoms with Gasteiger partial charge in [-0.3, -0.25) is 9.59 Å². The Morgan fingerprint density at radius 3 is 2.85 bits per heavy atom. The van der Waals surface area contributed by atoms with Crippen molar-refractivity contribution in [2.45, 2.75) is 25.3 Å². The summed E-state index contributed by atoms with van der Waals surface area (Å²) >= 11 is 0. The van der Waals surface area contributed by atoms with Crippen LogP contribution in [0.2, 0.25) is 0 Å². The molecule has 0 radical (unpaired) electrons. The summed E-state index contributed by atoms with van der Waals surface area (Å²) in [6.45, 7) is 0.986. The topological polar surface area (TPSA) is 102 Å². The normalized spacial score (nSPS) is 25.8. The highest BCUT2D eigenvalue weighted by Crippen LogP contribution is 2.32. The SMILES string of the molecule is O=C(NCCc1ccc2c(c1)OCO2)[C@@H]1CC(=O)N([C@H]2CCS(=O)(=O)C2)C1. The number of likely N-dealkylation sites (tertiary alicyclic amines) is 1. The van der Waals surface area contributed by atoms with Crippen LogP contribution in [-0.4, -0.2) is 62.6 Å². The second-order valence-corrected chi connectivity index (χ2v) is 9.46. The van der Waals surface area contributed by atoms with Crippen molar-refractivity contribution in [3.05, 3.63) is 23.8 Å². The number of carbonyl (C=O) groups excluding carboxylic acids is 2. The Labute approximate surface area is 157 Å². The van der Waals surface area contributed by atoms with Gasteiger partial charge < -0.3 is 19.7 Å². The van der Waals surface area contributed by atoms with Gasteiger partial charge in [-0.2, -0.15) is 0 Å². The first-order valence-electron chi connectivity index (χ1n) is 9.07. The molecule has 0 unspecified atom stereocenters. The second kappa shape index (κ2) is 7.03. The third kappa shape index (κ3) is 3.87. The third-order valence-electron chi connectivity index (χ3n) is 5.33. The van der Waals surface area contributed by atoms with Gasteiger partial charge in [0.25, 0.3) is 0 Å². The molecule has 4 rings (SSSR count). The molecular formula is C18H22N2O6S. The Kier molecular flexibility index (Phi) is 4.71. The molecule has 2 amide bonds. The largest absolute Gasteiger partial charge is 0.454 e. The van der Waals surface area contributed by atoms with E-state index in [4.69, 9.17) is 9.47 Å². The summed E-state index contributed by atoms with van der Waals surface area (Å²) in [5, 5.41) is 2.88. The zero-order valence-corrected chi connectivity index (χ0v) is 15.7. The Hall–Kier alpha value is -2.29. The van der Waals surface area contributed by atoms with Crippen molar-refractivity contribution in [3.8, 4) is 11.5 Å². The standard InChI is InChI=1S/C18H22N2O6S/c21-17-8-13(9-20(17)14-4-6-27(23,24)10-14)18(22)19-5-3-12-1-2-15-16(7-12)26-11-25-15/h1-2,7,13-14H,3-6,8-11H2,(H,19,22)/t13-,14+/m1/s1. The number of ether oxygens (including phenoxy) is 2. The van der Waals surface area contributed by atoms with E-state index < -0.39 is 15.8 Å². The van der Waals surface area contributed by atoms with E-state index in [0.29, 0.717) is 31.7 Å². The van der Waals surface area contributed by atoms with E-state index in [9.17, 15) is 18.0 Å². The quantitative estimate of drug-likeness (QED) is 0.761. The Balaban J connectivity index is 1.27. The van der Waals surface area contributed by atoms with Crippen LogP contribution in [0.3, 0.4) is 0 Å². The van der Waals surface area contributed by atoms with E-state index in [-0.39, 0.29) is 42.6 Å². The van der Waals surface area contributed by atoms with Gasteiger partial charge >= 0.3 is 0 Å². The highest BCUT2D eigenvalue weighted by Gasteiger charge is 2.41. The van der Waals surface area contributed by atoms with Crippen LogP contribution in [0.5, 0.6) is 11.5 Å². The highest BCUT2D eigenvalue weighted by molar-refractivity contribution is 7.91. The smallest absolute Gasteiger partial charge is 0.231 e. The number of hydrogen-bond acceptors (Lipinski definition) is 6. The molecule has 3 heterocycles. The summed E-state index contributed by atoms with van der Waals surface area (Å²) in [6, 6.07) is 5.40. The zero-order chi connectivity index (χ0) is 19.0. The number of carbonyl (C=O) groups is 2. The third-order valence-corrected chi connectivity index (χ3v) is 7.08. The van der Waals surface area contributed by atoms with Crippen molar-refractivity contribution in [3.63, 3.8) is 0 Å². The first kappa shape index (κ1) is 18.1. The number of sulfone groups is 1. The number of fused-ring (bicyclic) bond motifs is 1. The fourth-order valence-corrected chi connectivity index (χ4v) is 5.58. The van der Waals surface area contributed by atoms with E-state index in [1.54, 1.807) is 4.90 Å². The molecular weight excluding hydrogens is 372 g/mol. The monoisotopic (exact) mass is 394 g/mol. The van der Waals surface area contributed by atoms with Crippen LogP contribution < -0.4 is 14.8 Å². The van der Waals surface area contributed by atoms with Crippen molar-refractivity contribution in [2.24, 2.45) is 5.92 Å². The molecule has 1 aromatic carbocycles. The van der Waals surface area contributed by atoms with Gasteiger partial charge in [-0.1, -0.05) is 6.07 Å². The summed E-state index contributed by atoms with van der Waals surface area (Å²) in [4.78, 5) is 26.2. The molecule has 1 aromatic rings. The molecule has 0 saturated carbocycles. The fourth-order valence-electron chi connectivity index (χ4n) is 3.85. The molecule has 2 atom stereocenters. The van der Waals surface area contributed by atoms with Crippen molar-refractivity contribution < 1.29 is 27.5 Å². The minimum absolute atomic E-state index is 0.0111. The lowest BCUT2D eigenvalue weighted by molar-refractivity contribution is -0.130. The van der Waals surface area contributed by atoms with Gasteiger partial charge in [-0.25, -0.2) is 8.42 Å². The molecule has 3 aliphatic rings. The maximum atomic E-state index is 12.4. The van der Waals surface area contributed by atoms with Crippen molar-refractivity contribution in [1.82, 2.24) is 10.2 Å².